The van der Waals surface area contributed by atoms with Gasteiger partial charge in [-0.3, -0.25) is 14.0 Å². The average molecular weight is 406 g/mol. The highest BCUT2D eigenvalue weighted by Gasteiger charge is 2.31. The standard InChI is InChI=1S/C22H18N2O4S/c1-22(2,21(23)27)28-20(26)16-12-15(13-6-4-3-5-7-13)19(25)24-10-8-14-9-11-29-18(14)17(16)24/h3-12H,1-2H3,(H2,23,27). The minimum Gasteiger partial charge on any atom is -0.446 e. The van der Waals surface area contributed by atoms with Crippen LogP contribution in [0.1, 0.15) is 24.2 Å². The molecule has 0 saturated carbocycles. The van der Waals surface area contributed by atoms with Crippen LogP contribution in [-0.2, 0) is 9.53 Å². The summed E-state index contributed by atoms with van der Waals surface area (Å²) in [7, 11) is 0. The smallest absolute Gasteiger partial charge is 0.341 e. The summed E-state index contributed by atoms with van der Waals surface area (Å²) < 4.78 is 7.66. The van der Waals surface area contributed by atoms with Crippen molar-refractivity contribution in [1.82, 2.24) is 4.40 Å². The molecule has 0 atom stereocenters. The molecule has 1 aromatic carbocycles. The van der Waals surface area contributed by atoms with E-state index in [1.165, 1.54) is 35.7 Å². The highest BCUT2D eigenvalue weighted by molar-refractivity contribution is 7.18. The number of benzene rings is 1. The Morgan fingerprint density at radius 2 is 1.83 bits per heavy atom. The summed E-state index contributed by atoms with van der Waals surface area (Å²) in [6.45, 7) is 2.87. The fourth-order valence-electron chi connectivity index (χ4n) is 3.12. The fourth-order valence-corrected chi connectivity index (χ4v) is 4.07. The van der Waals surface area contributed by atoms with Crippen LogP contribution < -0.4 is 11.3 Å². The molecule has 0 bridgehead atoms. The number of esters is 1. The van der Waals surface area contributed by atoms with Crippen LogP contribution in [0.4, 0.5) is 0 Å². The quantitative estimate of drug-likeness (QED) is 0.524. The maximum Gasteiger partial charge on any atom is 0.341 e. The predicted octanol–water partition coefficient (Wildman–Crippen LogP) is 3.60. The van der Waals surface area contributed by atoms with Crippen molar-refractivity contribution in [3.63, 3.8) is 0 Å². The maximum absolute atomic E-state index is 13.2. The molecule has 29 heavy (non-hydrogen) atoms. The molecular weight excluding hydrogens is 388 g/mol. The number of hydrogen-bond acceptors (Lipinski definition) is 5. The van der Waals surface area contributed by atoms with Crippen LogP contribution in [-0.4, -0.2) is 21.9 Å². The summed E-state index contributed by atoms with van der Waals surface area (Å²) in [5.74, 6) is -1.47. The van der Waals surface area contributed by atoms with Crippen molar-refractivity contribution in [2.75, 3.05) is 0 Å². The van der Waals surface area contributed by atoms with E-state index in [0.29, 0.717) is 16.6 Å². The van der Waals surface area contributed by atoms with E-state index in [4.69, 9.17) is 10.5 Å². The first-order valence-corrected chi connectivity index (χ1v) is 9.82. The van der Waals surface area contributed by atoms with Crippen molar-refractivity contribution in [2.45, 2.75) is 19.4 Å². The zero-order valence-corrected chi connectivity index (χ0v) is 16.7. The first-order chi connectivity index (χ1) is 13.8. The van der Waals surface area contributed by atoms with Gasteiger partial charge in [0, 0.05) is 11.8 Å². The molecule has 0 fully saturated rings. The van der Waals surface area contributed by atoms with Gasteiger partial charge >= 0.3 is 5.97 Å². The zero-order valence-electron chi connectivity index (χ0n) is 15.8. The summed E-state index contributed by atoms with van der Waals surface area (Å²) >= 11 is 1.42. The van der Waals surface area contributed by atoms with E-state index in [9.17, 15) is 14.4 Å². The lowest BCUT2D eigenvalue weighted by Crippen LogP contribution is -2.42. The number of rotatable bonds is 4. The van der Waals surface area contributed by atoms with Crippen molar-refractivity contribution in [2.24, 2.45) is 5.73 Å². The molecule has 4 aromatic rings. The first kappa shape index (κ1) is 18.9. The van der Waals surface area contributed by atoms with E-state index in [0.717, 1.165) is 10.1 Å². The second kappa shape index (κ2) is 6.86. The molecule has 0 aliphatic carbocycles. The van der Waals surface area contributed by atoms with Crippen LogP contribution >= 0.6 is 11.3 Å². The average Bonchev–Trinajstić information content (AvgIpc) is 3.17. The van der Waals surface area contributed by atoms with E-state index in [1.807, 2.05) is 35.7 Å². The molecule has 0 radical (unpaired) electrons. The molecule has 0 aliphatic rings. The van der Waals surface area contributed by atoms with Gasteiger partial charge in [0.05, 0.1) is 15.8 Å². The molecule has 4 rings (SSSR count). The van der Waals surface area contributed by atoms with Crippen LogP contribution in [0.3, 0.4) is 0 Å². The van der Waals surface area contributed by atoms with Gasteiger partial charge in [-0.15, -0.1) is 11.3 Å². The molecule has 3 aromatic heterocycles. The second-order valence-corrected chi connectivity index (χ2v) is 8.06. The first-order valence-electron chi connectivity index (χ1n) is 8.94. The van der Waals surface area contributed by atoms with Gasteiger partial charge in [0.1, 0.15) is 0 Å². The fraction of sp³-hybridized carbons (Fsp3) is 0.136. The third-order valence-electron chi connectivity index (χ3n) is 4.79. The topological polar surface area (TPSA) is 90.9 Å². The number of aromatic nitrogens is 1. The summed E-state index contributed by atoms with van der Waals surface area (Å²) in [6, 6.07) is 14.4. The largest absolute Gasteiger partial charge is 0.446 e. The van der Waals surface area contributed by atoms with Crippen molar-refractivity contribution in [3.8, 4) is 11.1 Å². The molecule has 0 saturated heterocycles. The van der Waals surface area contributed by atoms with Crippen LogP contribution in [0.25, 0.3) is 26.7 Å². The Bertz CT molecular complexity index is 1320. The van der Waals surface area contributed by atoms with Crippen LogP contribution in [0.15, 0.2) is 64.9 Å². The number of pyridine rings is 2. The molecule has 0 spiro atoms. The van der Waals surface area contributed by atoms with Gasteiger partial charge in [-0.2, -0.15) is 0 Å². The number of ether oxygens (including phenoxy) is 1. The van der Waals surface area contributed by atoms with Crippen LogP contribution in [0.2, 0.25) is 0 Å². The molecular formula is C22H18N2O4S. The Morgan fingerprint density at radius 1 is 1.10 bits per heavy atom. The number of amides is 1. The lowest BCUT2D eigenvalue weighted by molar-refractivity contribution is -0.133. The molecule has 146 valence electrons. The Hall–Kier alpha value is -3.45. The highest BCUT2D eigenvalue weighted by atomic mass is 32.1. The molecule has 3 heterocycles. The minimum absolute atomic E-state index is 0.200. The van der Waals surface area contributed by atoms with Gasteiger partial charge in [0.15, 0.2) is 5.60 Å². The van der Waals surface area contributed by atoms with E-state index in [1.54, 1.807) is 18.3 Å². The SMILES string of the molecule is CC(C)(OC(=O)c1cc(-c2ccccc2)c(=O)n2ccc3ccsc3c12)C(N)=O. The Morgan fingerprint density at radius 3 is 2.52 bits per heavy atom. The molecule has 7 heteroatoms. The van der Waals surface area contributed by atoms with Gasteiger partial charge in [0.25, 0.3) is 11.5 Å². The van der Waals surface area contributed by atoms with Crippen molar-refractivity contribution < 1.29 is 14.3 Å². The number of thiophene rings is 1. The molecule has 0 unspecified atom stereocenters. The lowest BCUT2D eigenvalue weighted by Gasteiger charge is -2.22. The van der Waals surface area contributed by atoms with Crippen molar-refractivity contribution >= 4 is 38.8 Å². The molecule has 0 aliphatic heterocycles. The monoisotopic (exact) mass is 406 g/mol. The van der Waals surface area contributed by atoms with Crippen molar-refractivity contribution in [1.29, 1.82) is 0 Å². The van der Waals surface area contributed by atoms with Crippen LogP contribution in [0.5, 0.6) is 0 Å². The van der Waals surface area contributed by atoms with E-state index >= 15 is 0 Å². The molecule has 6 nitrogen and oxygen atoms in total. The van der Waals surface area contributed by atoms with Gasteiger partial charge < -0.3 is 10.5 Å². The molecule has 1 amide bonds. The van der Waals surface area contributed by atoms with Crippen molar-refractivity contribution in [3.05, 3.63) is 76.0 Å². The minimum atomic E-state index is -1.49. The number of carbonyl (C=O) groups is 2. The van der Waals surface area contributed by atoms with Gasteiger partial charge in [-0.05, 0) is 48.4 Å². The summed E-state index contributed by atoms with van der Waals surface area (Å²) in [5, 5.41) is 2.80. The summed E-state index contributed by atoms with van der Waals surface area (Å²) in [6.07, 6.45) is 1.65. The normalized spacial score (nSPS) is 11.7. The Balaban J connectivity index is 2.04. The second-order valence-electron chi connectivity index (χ2n) is 7.15. The Kier molecular flexibility index (Phi) is 4.47. The van der Waals surface area contributed by atoms with Gasteiger partial charge in [-0.25, -0.2) is 4.79 Å². The van der Waals surface area contributed by atoms with E-state index < -0.39 is 17.5 Å². The summed E-state index contributed by atoms with van der Waals surface area (Å²) in [5.41, 5.74) is 5.33. The molecule has 2 N–H and O–H groups in total. The number of fused-ring (bicyclic) bond motifs is 3. The third-order valence-corrected chi connectivity index (χ3v) is 5.73. The Labute approximate surface area is 170 Å². The summed E-state index contributed by atoms with van der Waals surface area (Å²) in [4.78, 5) is 38.0. The van der Waals surface area contributed by atoms with E-state index in [2.05, 4.69) is 0 Å². The van der Waals surface area contributed by atoms with Gasteiger partial charge in [-0.1, -0.05) is 30.3 Å². The number of hydrogen-bond donors (Lipinski definition) is 1. The lowest BCUT2D eigenvalue weighted by atomic mass is 10.0. The number of carbonyl (C=O) groups excluding carboxylic acids is 2. The number of primary amides is 1. The predicted molar refractivity (Wildman–Crippen MR) is 113 cm³/mol. The highest BCUT2D eigenvalue weighted by Crippen LogP contribution is 2.30. The number of nitrogens with two attached hydrogens (primary N) is 1. The van der Waals surface area contributed by atoms with Crippen LogP contribution in [0, 0.1) is 0 Å². The van der Waals surface area contributed by atoms with Gasteiger partial charge in [0.2, 0.25) is 0 Å². The third kappa shape index (κ3) is 3.19. The zero-order chi connectivity index (χ0) is 20.8. The van der Waals surface area contributed by atoms with E-state index in [-0.39, 0.29) is 11.1 Å². The number of nitrogens with zero attached hydrogens (tertiary/aromatic N) is 1. The maximum atomic E-state index is 13.2.